The van der Waals surface area contributed by atoms with Crippen molar-refractivity contribution in [1.82, 2.24) is 19.8 Å². The summed E-state index contributed by atoms with van der Waals surface area (Å²) >= 11 is 1.19. The van der Waals surface area contributed by atoms with E-state index in [2.05, 4.69) is 10.2 Å². The number of amides is 2. The molecular formula is C12H11N5O2S. The molecule has 0 bridgehead atoms. The Morgan fingerprint density at radius 3 is 2.25 bits per heavy atom. The van der Waals surface area contributed by atoms with Crippen molar-refractivity contribution < 1.29 is 9.59 Å². The van der Waals surface area contributed by atoms with Crippen molar-refractivity contribution in [2.75, 3.05) is 11.7 Å². The van der Waals surface area contributed by atoms with Gasteiger partial charge in [-0.1, -0.05) is 23.9 Å². The van der Waals surface area contributed by atoms with Gasteiger partial charge in [0.2, 0.25) is 5.16 Å². The lowest BCUT2D eigenvalue weighted by molar-refractivity contribution is 0.0684. The van der Waals surface area contributed by atoms with Gasteiger partial charge in [-0.05, 0) is 19.1 Å². The maximum Gasteiger partial charge on any atom is 0.262 e. The first-order valence-corrected chi connectivity index (χ1v) is 6.83. The number of benzene rings is 1. The number of aromatic nitrogens is 3. The summed E-state index contributed by atoms with van der Waals surface area (Å²) in [6.07, 6.45) is 0. The van der Waals surface area contributed by atoms with Crippen LogP contribution in [0.1, 0.15) is 26.5 Å². The predicted octanol–water partition coefficient (Wildman–Crippen LogP) is 0.646. The first kappa shape index (κ1) is 12.7. The van der Waals surface area contributed by atoms with Gasteiger partial charge in [0.25, 0.3) is 11.8 Å². The van der Waals surface area contributed by atoms with E-state index in [4.69, 9.17) is 5.84 Å². The highest BCUT2D eigenvalue weighted by molar-refractivity contribution is 7.99. The van der Waals surface area contributed by atoms with Gasteiger partial charge in [-0.3, -0.25) is 14.5 Å². The average molecular weight is 289 g/mol. The van der Waals surface area contributed by atoms with Crippen LogP contribution in [0.5, 0.6) is 0 Å². The van der Waals surface area contributed by atoms with Crippen LogP contribution in [-0.2, 0) is 0 Å². The Morgan fingerprint density at radius 1 is 1.15 bits per heavy atom. The highest BCUT2D eigenvalue weighted by Crippen LogP contribution is 2.26. The fourth-order valence-electron chi connectivity index (χ4n) is 1.93. The molecule has 2 amide bonds. The van der Waals surface area contributed by atoms with Crippen molar-refractivity contribution in [3.63, 3.8) is 0 Å². The zero-order valence-corrected chi connectivity index (χ0v) is 11.4. The number of rotatable bonds is 3. The molecule has 2 N–H and O–H groups in total. The highest BCUT2D eigenvalue weighted by atomic mass is 32.2. The number of carbonyl (C=O) groups is 2. The van der Waals surface area contributed by atoms with Crippen molar-refractivity contribution in [2.24, 2.45) is 0 Å². The number of aryl methyl sites for hydroxylation is 1. The standard InChI is InChI=1S/C12H11N5O2S/c1-7-14-15-12(17(7)13)20-6-16-10(18)8-4-2-3-5-9(8)11(16)19/h2-5H,6,13H2,1H3. The van der Waals surface area contributed by atoms with Crippen molar-refractivity contribution in [3.8, 4) is 0 Å². The number of hydrogen-bond acceptors (Lipinski definition) is 6. The number of carbonyl (C=O) groups excluding carboxylic acids is 2. The quantitative estimate of drug-likeness (QED) is 0.506. The van der Waals surface area contributed by atoms with Gasteiger partial charge in [-0.25, -0.2) is 4.68 Å². The Hall–Kier alpha value is -2.35. The van der Waals surface area contributed by atoms with Gasteiger partial charge >= 0.3 is 0 Å². The zero-order chi connectivity index (χ0) is 14.3. The summed E-state index contributed by atoms with van der Waals surface area (Å²) in [5, 5.41) is 8.15. The molecule has 0 spiro atoms. The molecule has 1 aromatic carbocycles. The molecule has 1 aliphatic heterocycles. The molecule has 3 rings (SSSR count). The molecule has 20 heavy (non-hydrogen) atoms. The van der Waals surface area contributed by atoms with Crippen LogP contribution in [0.3, 0.4) is 0 Å². The Labute approximate surface area is 118 Å². The van der Waals surface area contributed by atoms with E-state index in [0.29, 0.717) is 22.1 Å². The molecule has 0 radical (unpaired) electrons. The third-order valence-corrected chi connectivity index (χ3v) is 3.96. The number of fused-ring (bicyclic) bond motifs is 1. The largest absolute Gasteiger partial charge is 0.336 e. The average Bonchev–Trinajstić information content (AvgIpc) is 2.90. The van der Waals surface area contributed by atoms with Crippen molar-refractivity contribution in [3.05, 3.63) is 41.2 Å². The molecule has 0 aliphatic carbocycles. The Bertz CT molecular complexity index is 677. The number of nitrogens with zero attached hydrogens (tertiary/aromatic N) is 4. The van der Waals surface area contributed by atoms with Crippen molar-refractivity contribution in [1.29, 1.82) is 0 Å². The molecule has 0 atom stereocenters. The van der Waals surface area contributed by atoms with E-state index >= 15 is 0 Å². The second-order valence-corrected chi connectivity index (χ2v) is 5.17. The number of nitrogens with two attached hydrogens (primary N) is 1. The summed E-state index contributed by atoms with van der Waals surface area (Å²) in [4.78, 5) is 25.5. The topological polar surface area (TPSA) is 94.1 Å². The molecule has 2 aromatic rings. The summed E-state index contributed by atoms with van der Waals surface area (Å²) in [6, 6.07) is 6.77. The molecule has 1 aliphatic rings. The Morgan fingerprint density at radius 2 is 1.75 bits per heavy atom. The van der Waals surface area contributed by atoms with Gasteiger partial charge in [-0.15, -0.1) is 10.2 Å². The lowest BCUT2D eigenvalue weighted by Crippen LogP contribution is -2.29. The molecule has 0 saturated carbocycles. The van der Waals surface area contributed by atoms with Crippen molar-refractivity contribution >= 4 is 23.6 Å². The van der Waals surface area contributed by atoms with Crippen LogP contribution in [0.15, 0.2) is 29.4 Å². The van der Waals surface area contributed by atoms with Crippen LogP contribution >= 0.6 is 11.8 Å². The number of imide groups is 1. The number of thioether (sulfide) groups is 1. The lowest BCUT2D eigenvalue weighted by atomic mass is 10.1. The molecule has 8 heteroatoms. The van der Waals surface area contributed by atoms with Gasteiger partial charge in [0.05, 0.1) is 17.0 Å². The van der Waals surface area contributed by atoms with Crippen LogP contribution in [-0.4, -0.2) is 37.5 Å². The van der Waals surface area contributed by atoms with Gasteiger partial charge in [0.15, 0.2) is 0 Å². The molecular weight excluding hydrogens is 278 g/mol. The molecule has 0 saturated heterocycles. The lowest BCUT2D eigenvalue weighted by Gasteiger charge is -2.12. The van der Waals surface area contributed by atoms with E-state index in [9.17, 15) is 9.59 Å². The summed E-state index contributed by atoms with van der Waals surface area (Å²) in [5.41, 5.74) is 0.868. The second kappa shape index (κ2) is 4.64. The van der Waals surface area contributed by atoms with Crippen molar-refractivity contribution in [2.45, 2.75) is 12.1 Å². The summed E-state index contributed by atoms with van der Waals surface area (Å²) in [5.74, 6) is 5.86. The van der Waals surface area contributed by atoms with E-state index < -0.39 is 0 Å². The maximum absolute atomic E-state index is 12.1. The van der Waals surface area contributed by atoms with E-state index in [1.165, 1.54) is 21.3 Å². The van der Waals surface area contributed by atoms with Crippen LogP contribution in [0.25, 0.3) is 0 Å². The van der Waals surface area contributed by atoms with E-state index in [-0.39, 0.29) is 17.7 Å². The van der Waals surface area contributed by atoms with Gasteiger partial charge in [-0.2, -0.15) is 0 Å². The molecule has 102 valence electrons. The van der Waals surface area contributed by atoms with E-state index in [1.54, 1.807) is 31.2 Å². The minimum Gasteiger partial charge on any atom is -0.336 e. The number of hydrogen-bond donors (Lipinski definition) is 1. The maximum atomic E-state index is 12.1. The zero-order valence-electron chi connectivity index (χ0n) is 10.6. The monoisotopic (exact) mass is 289 g/mol. The van der Waals surface area contributed by atoms with Crippen LogP contribution in [0.2, 0.25) is 0 Å². The fourth-order valence-corrected chi connectivity index (χ4v) is 2.78. The first-order valence-electron chi connectivity index (χ1n) is 5.84. The van der Waals surface area contributed by atoms with E-state index in [0.717, 1.165) is 0 Å². The predicted molar refractivity (Wildman–Crippen MR) is 72.6 cm³/mol. The third-order valence-electron chi connectivity index (χ3n) is 3.04. The Balaban J connectivity index is 1.79. The molecule has 2 heterocycles. The van der Waals surface area contributed by atoms with E-state index in [1.807, 2.05) is 0 Å². The molecule has 0 unspecified atom stereocenters. The summed E-state index contributed by atoms with van der Waals surface area (Å²) in [6.45, 7) is 1.72. The minimum absolute atomic E-state index is 0.154. The third kappa shape index (κ3) is 1.85. The van der Waals surface area contributed by atoms with Crippen LogP contribution in [0.4, 0.5) is 0 Å². The fraction of sp³-hybridized carbons (Fsp3) is 0.167. The second-order valence-electron chi connectivity index (χ2n) is 4.26. The summed E-state index contributed by atoms with van der Waals surface area (Å²) in [7, 11) is 0. The highest BCUT2D eigenvalue weighted by Gasteiger charge is 2.35. The molecule has 7 nitrogen and oxygen atoms in total. The molecule has 1 aromatic heterocycles. The van der Waals surface area contributed by atoms with Crippen LogP contribution in [0, 0.1) is 6.92 Å². The minimum atomic E-state index is -0.294. The van der Waals surface area contributed by atoms with Crippen LogP contribution < -0.4 is 5.84 Å². The number of nitrogen functional groups attached to an aromatic ring is 1. The Kier molecular flexibility index (Phi) is 2.94. The smallest absolute Gasteiger partial charge is 0.262 e. The first-order chi connectivity index (χ1) is 9.59. The molecule has 0 fully saturated rings. The van der Waals surface area contributed by atoms with Gasteiger partial charge < -0.3 is 5.84 Å². The normalized spacial score (nSPS) is 13.9. The van der Waals surface area contributed by atoms with Gasteiger partial charge in [0, 0.05) is 0 Å². The van der Waals surface area contributed by atoms with Gasteiger partial charge in [0.1, 0.15) is 5.82 Å². The SMILES string of the molecule is Cc1nnc(SCN2C(=O)c3ccccc3C2=O)n1N. The summed E-state index contributed by atoms with van der Waals surface area (Å²) < 4.78 is 1.32.